The second-order valence-corrected chi connectivity index (χ2v) is 15.2. The fourth-order valence-corrected chi connectivity index (χ4v) is 10.6. The molecule has 5 aromatic carbocycles. The minimum absolute atomic E-state index is 0.451. The Bertz CT molecular complexity index is 1740. The second kappa shape index (κ2) is 13.1. The van der Waals surface area contributed by atoms with Gasteiger partial charge in [-0.1, -0.05) is 171 Å². The molecule has 6 aromatic rings. The molecule has 0 N–H and O–H groups in total. The van der Waals surface area contributed by atoms with Crippen LogP contribution in [-0.2, 0) is 6.17 Å². The Morgan fingerprint density at radius 2 is 1.26 bits per heavy atom. The molecule has 0 spiro atoms. The van der Waals surface area contributed by atoms with E-state index in [0.29, 0.717) is 5.92 Å². The number of rotatable bonds is 10. The quantitative estimate of drug-likeness (QED) is 0.108. The van der Waals surface area contributed by atoms with Crippen LogP contribution in [-0.4, -0.2) is 24.9 Å². The number of hydrogen-bond donors (Lipinski definition) is 0. The van der Waals surface area contributed by atoms with E-state index in [1.165, 1.54) is 32.3 Å². The fraction of sp³-hybridized carbons (Fsp3) is 0.103. The maximum atomic E-state index is 4.92. The van der Waals surface area contributed by atoms with Crippen LogP contribution in [0.15, 0.2) is 158 Å². The summed E-state index contributed by atoms with van der Waals surface area (Å²) in [6.07, 6.45) is 7.18. The third-order valence-electron chi connectivity index (χ3n) is 8.25. The molecule has 2 nitrogen and oxygen atoms in total. The average Bonchev–Trinajstić information content (AvgIpc) is 3.51. The van der Waals surface area contributed by atoms with Gasteiger partial charge >= 0.3 is 0 Å². The van der Waals surface area contributed by atoms with E-state index in [1.807, 2.05) is 6.20 Å². The first-order chi connectivity index (χ1) is 21.1. The molecule has 209 valence electrons. The van der Waals surface area contributed by atoms with Crippen molar-refractivity contribution in [2.45, 2.75) is 25.9 Å². The highest BCUT2D eigenvalue weighted by molar-refractivity contribution is 7.10. The van der Waals surface area contributed by atoms with Gasteiger partial charge in [0.15, 0.2) is 8.07 Å². The molecule has 0 saturated heterocycles. The molecule has 6 rings (SSSR count). The van der Waals surface area contributed by atoms with Crippen LogP contribution in [0, 0.1) is 0 Å². The minimum atomic E-state index is -2.56. The molecule has 1 heterocycles. The molecule has 0 saturated carbocycles. The summed E-state index contributed by atoms with van der Waals surface area (Å²) in [6, 6.07) is 52.7. The first-order valence-electron chi connectivity index (χ1n) is 15.0. The molecule has 0 aliphatic carbocycles. The Hall–Kier alpha value is -4.67. The molecule has 0 fully saturated rings. The highest BCUT2D eigenvalue weighted by Gasteiger charge is 2.40. The van der Waals surface area contributed by atoms with Gasteiger partial charge in [-0.15, -0.1) is 0 Å². The summed E-state index contributed by atoms with van der Waals surface area (Å²) in [6.45, 7) is 4.56. The Labute approximate surface area is 257 Å². The molecule has 1 radical (unpaired) electrons. The molecule has 0 atom stereocenters. The van der Waals surface area contributed by atoms with Gasteiger partial charge in [-0.05, 0) is 38.2 Å². The highest BCUT2D eigenvalue weighted by Crippen LogP contribution is 2.19. The Kier molecular flexibility index (Phi) is 8.67. The Balaban J connectivity index is 1.50. The fourth-order valence-electron chi connectivity index (χ4n) is 5.94. The summed E-state index contributed by atoms with van der Waals surface area (Å²) in [4.78, 5) is 4.92. The largest absolute Gasteiger partial charge is 0.345 e. The van der Waals surface area contributed by atoms with Crippen LogP contribution in [0.2, 0.25) is 0 Å². The first-order valence-corrected chi connectivity index (χ1v) is 17.2. The van der Waals surface area contributed by atoms with Gasteiger partial charge in [0, 0.05) is 18.6 Å². The molecular formula is C39H36BN2Si. The standard InChI is InChI=1S/C39H36BN2Si/c1-31(2)34-20-15-25-37(29-34)43(35-21-11-5-12-22-35,36-23-13-6-14-24-36)30-42-27-26-41-39(42)40-38(33-18-9-4-10-19-33)28-32-16-7-3-8-17-32/h3-29,31H,30H2,1-2H3. The molecule has 0 bridgehead atoms. The van der Waals surface area contributed by atoms with E-state index < -0.39 is 8.07 Å². The maximum absolute atomic E-state index is 4.92. The van der Waals surface area contributed by atoms with Crippen LogP contribution in [0.4, 0.5) is 0 Å². The number of aromatic nitrogens is 2. The van der Waals surface area contributed by atoms with Gasteiger partial charge in [0.1, 0.15) is 0 Å². The molecule has 1 aromatic heterocycles. The molecule has 43 heavy (non-hydrogen) atoms. The maximum Gasteiger partial charge on any atom is 0.241 e. The number of benzene rings is 5. The summed E-state index contributed by atoms with van der Waals surface area (Å²) in [5, 5.41) is 4.20. The summed E-state index contributed by atoms with van der Waals surface area (Å²) in [5.41, 5.74) is 5.79. The van der Waals surface area contributed by atoms with Crippen molar-refractivity contribution in [3.63, 3.8) is 0 Å². The zero-order valence-electron chi connectivity index (χ0n) is 24.8. The third-order valence-corrected chi connectivity index (χ3v) is 13.0. The van der Waals surface area contributed by atoms with Gasteiger partial charge in [-0.25, -0.2) is 0 Å². The number of hydrogen-bond acceptors (Lipinski definition) is 1. The van der Waals surface area contributed by atoms with Gasteiger partial charge in [-0.3, -0.25) is 4.98 Å². The van der Waals surface area contributed by atoms with Crippen molar-refractivity contribution in [3.8, 4) is 0 Å². The lowest BCUT2D eigenvalue weighted by atomic mass is 9.65. The van der Waals surface area contributed by atoms with Crippen LogP contribution in [0.25, 0.3) is 11.5 Å². The van der Waals surface area contributed by atoms with Crippen molar-refractivity contribution < 1.29 is 0 Å². The normalized spacial score (nSPS) is 11.9. The van der Waals surface area contributed by atoms with Gasteiger partial charge < -0.3 is 4.57 Å². The summed E-state index contributed by atoms with van der Waals surface area (Å²) in [5.74, 6) is 0.451. The molecular weight excluding hydrogens is 535 g/mol. The number of nitrogens with zero attached hydrogens (tertiary/aromatic N) is 2. The van der Waals surface area contributed by atoms with E-state index in [2.05, 4.69) is 184 Å². The Morgan fingerprint density at radius 3 is 1.86 bits per heavy atom. The first kappa shape index (κ1) is 28.5. The predicted molar refractivity (Wildman–Crippen MR) is 186 cm³/mol. The lowest BCUT2D eigenvalue weighted by Crippen LogP contribution is -2.70. The lowest BCUT2D eigenvalue weighted by molar-refractivity contribution is 0.866. The predicted octanol–water partition coefficient (Wildman–Crippen LogP) is 6.24. The minimum Gasteiger partial charge on any atom is -0.345 e. The van der Waals surface area contributed by atoms with Crippen molar-refractivity contribution in [2.75, 3.05) is 0 Å². The second-order valence-electron chi connectivity index (χ2n) is 11.4. The molecule has 0 unspecified atom stereocenters. The van der Waals surface area contributed by atoms with Crippen molar-refractivity contribution in [1.29, 1.82) is 0 Å². The van der Waals surface area contributed by atoms with Crippen LogP contribution in [0.3, 0.4) is 0 Å². The monoisotopic (exact) mass is 571 g/mol. The third kappa shape index (κ3) is 6.25. The van der Waals surface area contributed by atoms with Crippen molar-refractivity contribution in [3.05, 3.63) is 175 Å². The van der Waals surface area contributed by atoms with Crippen LogP contribution < -0.4 is 21.3 Å². The molecule has 0 aliphatic heterocycles. The molecule has 0 aliphatic rings. The van der Waals surface area contributed by atoms with E-state index in [9.17, 15) is 0 Å². The highest BCUT2D eigenvalue weighted by atomic mass is 28.3. The van der Waals surface area contributed by atoms with Gasteiger partial charge in [0.2, 0.25) is 7.28 Å². The lowest BCUT2D eigenvalue weighted by Gasteiger charge is -2.35. The summed E-state index contributed by atoms with van der Waals surface area (Å²) >= 11 is 0. The zero-order valence-corrected chi connectivity index (χ0v) is 25.8. The van der Waals surface area contributed by atoms with E-state index in [0.717, 1.165) is 17.4 Å². The summed E-state index contributed by atoms with van der Waals surface area (Å²) in [7, 11) is -0.320. The smallest absolute Gasteiger partial charge is 0.241 e. The van der Waals surface area contributed by atoms with Crippen molar-refractivity contribution in [1.82, 2.24) is 9.55 Å². The van der Waals surface area contributed by atoms with E-state index in [1.54, 1.807) is 0 Å². The molecule has 4 heteroatoms. The molecule has 0 amide bonds. The van der Waals surface area contributed by atoms with Gasteiger partial charge in [0.05, 0.1) is 5.72 Å². The average molecular weight is 572 g/mol. The van der Waals surface area contributed by atoms with Gasteiger partial charge in [0.25, 0.3) is 0 Å². The van der Waals surface area contributed by atoms with E-state index in [4.69, 9.17) is 4.98 Å². The van der Waals surface area contributed by atoms with Crippen molar-refractivity contribution in [2.24, 2.45) is 0 Å². The van der Waals surface area contributed by atoms with Crippen LogP contribution >= 0.6 is 0 Å². The Morgan fingerprint density at radius 1 is 0.698 bits per heavy atom. The van der Waals surface area contributed by atoms with Crippen LogP contribution in [0.1, 0.15) is 36.5 Å². The van der Waals surface area contributed by atoms with E-state index in [-0.39, 0.29) is 0 Å². The topological polar surface area (TPSA) is 17.8 Å². The van der Waals surface area contributed by atoms with E-state index >= 15 is 0 Å². The van der Waals surface area contributed by atoms with Gasteiger partial charge in [-0.2, -0.15) is 0 Å². The number of imidazole rings is 1. The van der Waals surface area contributed by atoms with Crippen LogP contribution in [0.5, 0.6) is 0 Å². The SMILES string of the molecule is CC(C)c1cccc([Si](Cn2ccnc2[B]C(=Cc2ccccc2)c2ccccc2)(c2ccccc2)c2ccccc2)c1. The zero-order chi connectivity index (χ0) is 29.5. The summed E-state index contributed by atoms with van der Waals surface area (Å²) < 4.78 is 2.37. The van der Waals surface area contributed by atoms with Crippen molar-refractivity contribution >= 4 is 48.2 Å².